The maximum atomic E-state index is 9.69. The van der Waals surface area contributed by atoms with E-state index in [0.717, 1.165) is 0 Å². The van der Waals surface area contributed by atoms with Crippen LogP contribution < -0.4 is 14.8 Å². The number of aliphatic hydroxyl groups excluding tert-OH is 3. The van der Waals surface area contributed by atoms with Crippen LogP contribution in [0.4, 0.5) is 0 Å². The number of rotatable bonds is 9. The molecule has 1 rings (SSSR count). The molecular weight excluding hydrogens is 250 g/mol. The predicted octanol–water partition coefficient (Wildman–Crippen LogP) is -0.622. The third kappa shape index (κ3) is 5.89. The second-order valence-corrected chi connectivity index (χ2v) is 4.11. The molecule has 0 bridgehead atoms. The van der Waals surface area contributed by atoms with Crippen LogP contribution in [0.5, 0.6) is 11.5 Å². The van der Waals surface area contributed by atoms with Gasteiger partial charge in [-0.15, -0.1) is 0 Å². The van der Waals surface area contributed by atoms with Crippen molar-refractivity contribution < 1.29 is 24.8 Å². The topological polar surface area (TPSA) is 91.2 Å². The van der Waals surface area contributed by atoms with Gasteiger partial charge >= 0.3 is 0 Å². The molecule has 1 aromatic rings. The molecule has 19 heavy (non-hydrogen) atoms. The quantitative estimate of drug-likeness (QED) is 0.478. The van der Waals surface area contributed by atoms with Crippen molar-refractivity contribution in [2.45, 2.75) is 12.2 Å². The van der Waals surface area contributed by atoms with Crippen molar-refractivity contribution in [2.24, 2.45) is 0 Å². The van der Waals surface area contributed by atoms with E-state index >= 15 is 0 Å². The number of nitrogens with one attached hydrogen (secondary N) is 1. The van der Waals surface area contributed by atoms with Crippen molar-refractivity contribution in [1.29, 1.82) is 0 Å². The Kier molecular flexibility index (Phi) is 7.20. The van der Waals surface area contributed by atoms with Crippen LogP contribution in [0.3, 0.4) is 0 Å². The molecule has 4 N–H and O–H groups in total. The van der Waals surface area contributed by atoms with Gasteiger partial charge in [-0.1, -0.05) is 12.1 Å². The molecule has 0 aliphatic heterocycles. The molecule has 2 atom stereocenters. The van der Waals surface area contributed by atoms with Crippen LogP contribution in [-0.2, 0) is 0 Å². The van der Waals surface area contributed by atoms with E-state index in [0.29, 0.717) is 11.5 Å². The zero-order valence-corrected chi connectivity index (χ0v) is 11.0. The van der Waals surface area contributed by atoms with Crippen LogP contribution in [0.15, 0.2) is 24.3 Å². The largest absolute Gasteiger partial charge is 0.493 e. The molecule has 0 saturated heterocycles. The summed E-state index contributed by atoms with van der Waals surface area (Å²) in [5, 5.41) is 30.2. The Morgan fingerprint density at radius 2 is 1.74 bits per heavy atom. The summed E-state index contributed by atoms with van der Waals surface area (Å²) in [5.41, 5.74) is 0. The van der Waals surface area contributed by atoms with Gasteiger partial charge in [0.25, 0.3) is 0 Å². The highest BCUT2D eigenvalue weighted by Gasteiger charge is 2.09. The number of aliphatic hydroxyl groups is 3. The van der Waals surface area contributed by atoms with E-state index in [-0.39, 0.29) is 26.3 Å². The van der Waals surface area contributed by atoms with Crippen LogP contribution >= 0.6 is 0 Å². The summed E-state index contributed by atoms with van der Waals surface area (Å²) in [5.74, 6) is 1.18. The first-order valence-corrected chi connectivity index (χ1v) is 6.11. The summed E-state index contributed by atoms with van der Waals surface area (Å²) in [4.78, 5) is 0. The fourth-order valence-electron chi connectivity index (χ4n) is 1.46. The van der Waals surface area contributed by atoms with Gasteiger partial charge in [-0.25, -0.2) is 0 Å². The average molecular weight is 271 g/mol. The Morgan fingerprint density at radius 3 is 2.37 bits per heavy atom. The van der Waals surface area contributed by atoms with E-state index in [2.05, 4.69) is 5.32 Å². The monoisotopic (exact) mass is 271 g/mol. The zero-order valence-electron chi connectivity index (χ0n) is 11.0. The van der Waals surface area contributed by atoms with Gasteiger partial charge in [0.05, 0.1) is 19.8 Å². The second-order valence-electron chi connectivity index (χ2n) is 4.11. The summed E-state index contributed by atoms with van der Waals surface area (Å²) in [6, 6.07) is 7.19. The van der Waals surface area contributed by atoms with Crippen LogP contribution in [0.2, 0.25) is 0 Å². The fourth-order valence-corrected chi connectivity index (χ4v) is 1.46. The van der Waals surface area contributed by atoms with Gasteiger partial charge in [0.15, 0.2) is 11.5 Å². The van der Waals surface area contributed by atoms with Gasteiger partial charge in [0.2, 0.25) is 0 Å². The molecular formula is C13H21NO5. The minimum absolute atomic E-state index is 0.114. The molecule has 2 unspecified atom stereocenters. The van der Waals surface area contributed by atoms with Crippen molar-refractivity contribution in [3.63, 3.8) is 0 Å². The van der Waals surface area contributed by atoms with E-state index in [9.17, 15) is 5.11 Å². The maximum absolute atomic E-state index is 9.69. The molecule has 0 amide bonds. The molecule has 0 aliphatic carbocycles. The zero-order chi connectivity index (χ0) is 14.1. The highest BCUT2D eigenvalue weighted by atomic mass is 16.5. The molecule has 0 aromatic heterocycles. The third-order valence-electron chi connectivity index (χ3n) is 2.47. The van der Waals surface area contributed by atoms with E-state index < -0.39 is 12.2 Å². The Bertz CT molecular complexity index is 361. The molecule has 0 heterocycles. The van der Waals surface area contributed by atoms with E-state index in [1.807, 2.05) is 12.1 Å². The molecule has 0 spiro atoms. The van der Waals surface area contributed by atoms with Gasteiger partial charge in [-0.2, -0.15) is 0 Å². The van der Waals surface area contributed by atoms with Crippen molar-refractivity contribution in [3.8, 4) is 11.5 Å². The van der Waals surface area contributed by atoms with Gasteiger partial charge in [-0.05, 0) is 12.1 Å². The van der Waals surface area contributed by atoms with E-state index in [1.54, 1.807) is 19.2 Å². The summed E-state index contributed by atoms with van der Waals surface area (Å²) >= 11 is 0. The van der Waals surface area contributed by atoms with Crippen LogP contribution in [0.1, 0.15) is 0 Å². The lowest BCUT2D eigenvalue weighted by atomic mass is 10.3. The SMILES string of the molecule is COc1ccccc1OCC(O)CNCC(O)CO. The van der Waals surface area contributed by atoms with Crippen LogP contribution in [0.25, 0.3) is 0 Å². The Morgan fingerprint density at radius 1 is 1.11 bits per heavy atom. The first-order chi connectivity index (χ1) is 9.17. The van der Waals surface area contributed by atoms with Crippen LogP contribution in [-0.4, -0.2) is 60.9 Å². The number of methoxy groups -OCH3 is 1. The molecule has 0 saturated carbocycles. The summed E-state index contributed by atoms with van der Waals surface area (Å²) in [7, 11) is 1.55. The van der Waals surface area contributed by atoms with E-state index in [1.165, 1.54) is 0 Å². The lowest BCUT2D eigenvalue weighted by molar-refractivity contribution is 0.0790. The molecule has 6 heteroatoms. The summed E-state index contributed by atoms with van der Waals surface area (Å²) < 4.78 is 10.6. The Balaban J connectivity index is 2.27. The van der Waals surface area contributed by atoms with Gasteiger partial charge < -0.3 is 30.1 Å². The smallest absolute Gasteiger partial charge is 0.161 e. The second kappa shape index (κ2) is 8.71. The molecule has 0 radical (unpaired) electrons. The lowest BCUT2D eigenvalue weighted by Gasteiger charge is -2.15. The Labute approximate surface area is 112 Å². The predicted molar refractivity (Wildman–Crippen MR) is 70.5 cm³/mol. The van der Waals surface area contributed by atoms with E-state index in [4.69, 9.17) is 19.7 Å². The number of benzene rings is 1. The normalized spacial score (nSPS) is 13.9. The average Bonchev–Trinajstić information content (AvgIpc) is 2.45. The number of hydrogen-bond donors (Lipinski definition) is 4. The van der Waals surface area contributed by atoms with Gasteiger partial charge in [0, 0.05) is 13.1 Å². The highest BCUT2D eigenvalue weighted by molar-refractivity contribution is 5.39. The van der Waals surface area contributed by atoms with Crippen molar-refractivity contribution in [3.05, 3.63) is 24.3 Å². The minimum Gasteiger partial charge on any atom is -0.493 e. The molecule has 1 aromatic carbocycles. The fraction of sp³-hybridized carbons (Fsp3) is 0.538. The number of hydrogen-bond acceptors (Lipinski definition) is 6. The third-order valence-corrected chi connectivity index (χ3v) is 2.47. The standard InChI is InChI=1S/C13H21NO5/c1-18-12-4-2-3-5-13(12)19-9-11(17)7-14-6-10(16)8-15/h2-5,10-11,14-17H,6-9H2,1H3. The summed E-state index contributed by atoms with van der Waals surface area (Å²) in [6.45, 7) is 0.303. The first-order valence-electron chi connectivity index (χ1n) is 6.11. The van der Waals surface area contributed by atoms with Crippen molar-refractivity contribution >= 4 is 0 Å². The maximum Gasteiger partial charge on any atom is 0.161 e. The van der Waals surface area contributed by atoms with Crippen molar-refractivity contribution in [1.82, 2.24) is 5.32 Å². The number of ether oxygens (including phenoxy) is 2. The number of para-hydroxylation sites is 2. The Hall–Kier alpha value is -1.34. The van der Waals surface area contributed by atoms with Crippen molar-refractivity contribution in [2.75, 3.05) is 33.4 Å². The van der Waals surface area contributed by atoms with Crippen LogP contribution in [0, 0.1) is 0 Å². The molecule has 108 valence electrons. The molecule has 0 aliphatic rings. The minimum atomic E-state index is -0.817. The lowest BCUT2D eigenvalue weighted by Crippen LogP contribution is -2.37. The summed E-state index contributed by atoms with van der Waals surface area (Å²) in [6.07, 6.45) is -1.53. The van der Waals surface area contributed by atoms with Gasteiger partial charge in [-0.3, -0.25) is 0 Å². The highest BCUT2D eigenvalue weighted by Crippen LogP contribution is 2.25. The first kappa shape index (κ1) is 15.7. The molecule has 0 fully saturated rings. The van der Waals surface area contributed by atoms with Gasteiger partial charge in [0.1, 0.15) is 12.7 Å². The molecule has 6 nitrogen and oxygen atoms in total.